The van der Waals surface area contributed by atoms with E-state index in [1.54, 1.807) is 19.1 Å². The summed E-state index contributed by atoms with van der Waals surface area (Å²) in [6.45, 7) is 7.26. The molecule has 2 aromatic carbocycles. The molecule has 0 bridgehead atoms. The third kappa shape index (κ3) is 5.53. The second-order valence-corrected chi connectivity index (χ2v) is 8.09. The van der Waals surface area contributed by atoms with Crippen molar-refractivity contribution < 1.29 is 8.42 Å². The summed E-state index contributed by atoms with van der Waals surface area (Å²) in [4.78, 5) is 2.08. The highest BCUT2D eigenvalue weighted by Crippen LogP contribution is 2.32. The van der Waals surface area contributed by atoms with Crippen LogP contribution in [0.3, 0.4) is 0 Å². The van der Waals surface area contributed by atoms with E-state index in [1.807, 2.05) is 32.1 Å². The van der Waals surface area contributed by atoms with Crippen LogP contribution in [-0.4, -0.2) is 27.8 Å². The maximum absolute atomic E-state index is 11.8. The topological polar surface area (TPSA) is 122 Å². The Morgan fingerprint density at radius 2 is 1.62 bits per heavy atom. The van der Waals surface area contributed by atoms with Gasteiger partial charge in [-0.2, -0.15) is 15.6 Å². The SMILES string of the molecule is CCN(CC)c1ccc(N=Nc2cc(C#N)c(C)c(C#N)c2)c(NS(C)(=O)=O)c1. The number of hydrogen-bond acceptors (Lipinski definition) is 7. The second-order valence-electron chi connectivity index (χ2n) is 6.34. The summed E-state index contributed by atoms with van der Waals surface area (Å²) in [6, 6.07) is 12.4. The van der Waals surface area contributed by atoms with E-state index in [0.29, 0.717) is 33.8 Å². The van der Waals surface area contributed by atoms with E-state index in [1.165, 1.54) is 12.1 Å². The van der Waals surface area contributed by atoms with Gasteiger partial charge in [-0.15, -0.1) is 5.11 Å². The van der Waals surface area contributed by atoms with Crippen LogP contribution in [0, 0.1) is 29.6 Å². The third-order valence-corrected chi connectivity index (χ3v) is 4.90. The first-order chi connectivity index (χ1) is 13.7. The van der Waals surface area contributed by atoms with Crippen LogP contribution in [-0.2, 0) is 10.0 Å². The molecule has 0 aliphatic rings. The molecule has 2 aromatic rings. The normalized spacial score (nSPS) is 11.1. The Bertz CT molecular complexity index is 1090. The van der Waals surface area contributed by atoms with Crippen molar-refractivity contribution in [2.45, 2.75) is 20.8 Å². The predicted octanol–water partition coefficient (Wildman–Crippen LogP) is 4.37. The molecule has 0 radical (unpaired) electrons. The Balaban J connectivity index is 2.52. The van der Waals surface area contributed by atoms with Crippen LogP contribution in [0.2, 0.25) is 0 Å². The van der Waals surface area contributed by atoms with Gasteiger partial charge in [0.15, 0.2) is 0 Å². The Labute approximate surface area is 171 Å². The molecule has 0 saturated heterocycles. The highest BCUT2D eigenvalue weighted by atomic mass is 32.2. The van der Waals surface area contributed by atoms with Gasteiger partial charge in [0.25, 0.3) is 0 Å². The standard InChI is InChI=1S/C20H22N6O2S/c1-5-26(6-2)18-7-8-19(20(11-18)25-29(4,27)28)24-23-17-9-15(12-21)14(3)16(10-17)13-22/h7-11,25H,5-6H2,1-4H3. The lowest BCUT2D eigenvalue weighted by atomic mass is 10.0. The molecule has 8 nitrogen and oxygen atoms in total. The molecule has 0 aliphatic carbocycles. The lowest BCUT2D eigenvalue weighted by Gasteiger charge is -2.22. The van der Waals surface area contributed by atoms with E-state index in [4.69, 9.17) is 0 Å². The Morgan fingerprint density at radius 3 is 2.10 bits per heavy atom. The highest BCUT2D eigenvalue weighted by molar-refractivity contribution is 7.92. The highest BCUT2D eigenvalue weighted by Gasteiger charge is 2.12. The second kappa shape index (κ2) is 9.18. The quantitative estimate of drug-likeness (QED) is 0.679. The minimum atomic E-state index is -3.52. The maximum Gasteiger partial charge on any atom is 0.229 e. The zero-order valence-electron chi connectivity index (χ0n) is 16.8. The first-order valence-corrected chi connectivity index (χ1v) is 10.8. The molecule has 0 aromatic heterocycles. The monoisotopic (exact) mass is 410 g/mol. The minimum Gasteiger partial charge on any atom is -0.372 e. The molecule has 0 spiro atoms. The van der Waals surface area contributed by atoms with Crippen LogP contribution < -0.4 is 9.62 Å². The van der Waals surface area contributed by atoms with E-state index in [0.717, 1.165) is 25.0 Å². The van der Waals surface area contributed by atoms with Crippen LogP contribution >= 0.6 is 0 Å². The number of nitrogens with zero attached hydrogens (tertiary/aromatic N) is 5. The summed E-state index contributed by atoms with van der Waals surface area (Å²) in [7, 11) is -3.52. The van der Waals surface area contributed by atoms with Crippen molar-refractivity contribution in [3.05, 3.63) is 47.0 Å². The molecule has 0 atom stereocenters. The largest absolute Gasteiger partial charge is 0.372 e. The van der Waals surface area contributed by atoms with Gasteiger partial charge in [0, 0.05) is 18.8 Å². The average molecular weight is 411 g/mol. The van der Waals surface area contributed by atoms with Crippen LogP contribution in [0.4, 0.5) is 22.7 Å². The molecule has 29 heavy (non-hydrogen) atoms. The van der Waals surface area contributed by atoms with E-state index < -0.39 is 10.0 Å². The lowest BCUT2D eigenvalue weighted by molar-refractivity contribution is 0.607. The van der Waals surface area contributed by atoms with Gasteiger partial charge < -0.3 is 4.90 Å². The number of benzene rings is 2. The van der Waals surface area contributed by atoms with Crippen molar-refractivity contribution >= 4 is 32.8 Å². The van der Waals surface area contributed by atoms with Crippen molar-refractivity contribution in [3.63, 3.8) is 0 Å². The summed E-state index contributed by atoms with van der Waals surface area (Å²) >= 11 is 0. The zero-order valence-corrected chi connectivity index (χ0v) is 17.6. The third-order valence-electron chi connectivity index (χ3n) is 4.31. The molecule has 0 aliphatic heterocycles. The first-order valence-electron chi connectivity index (χ1n) is 8.95. The molecule has 2 rings (SSSR count). The van der Waals surface area contributed by atoms with Gasteiger partial charge in [0.1, 0.15) is 5.69 Å². The first kappa shape index (κ1) is 21.9. The Hall–Kier alpha value is -3.43. The van der Waals surface area contributed by atoms with Gasteiger partial charge >= 0.3 is 0 Å². The Morgan fingerprint density at radius 1 is 1.03 bits per heavy atom. The molecule has 0 fully saturated rings. The number of nitrogens with one attached hydrogen (secondary N) is 1. The van der Waals surface area contributed by atoms with Gasteiger partial charge in [-0.25, -0.2) is 8.42 Å². The van der Waals surface area contributed by atoms with Crippen LogP contribution in [0.15, 0.2) is 40.6 Å². The fourth-order valence-electron chi connectivity index (χ4n) is 2.78. The summed E-state index contributed by atoms with van der Waals surface area (Å²) in [5.74, 6) is 0. The number of hydrogen-bond donors (Lipinski definition) is 1. The fourth-order valence-corrected chi connectivity index (χ4v) is 3.34. The summed E-state index contributed by atoms with van der Waals surface area (Å²) in [6.07, 6.45) is 1.07. The van der Waals surface area contributed by atoms with Crippen LogP contribution in [0.5, 0.6) is 0 Å². The van der Waals surface area contributed by atoms with Crippen molar-refractivity contribution in [3.8, 4) is 12.1 Å². The van der Waals surface area contributed by atoms with Crippen molar-refractivity contribution in [1.82, 2.24) is 0 Å². The summed E-state index contributed by atoms with van der Waals surface area (Å²) in [5.41, 5.74) is 3.07. The van der Waals surface area contributed by atoms with Gasteiger partial charge in [0.05, 0.1) is 40.9 Å². The molecule has 9 heteroatoms. The zero-order chi connectivity index (χ0) is 21.6. The number of nitriles is 2. The van der Waals surface area contributed by atoms with Crippen LogP contribution in [0.1, 0.15) is 30.5 Å². The number of azo groups is 1. The maximum atomic E-state index is 11.8. The van der Waals surface area contributed by atoms with Crippen molar-refractivity contribution in [2.24, 2.45) is 10.2 Å². The van der Waals surface area contributed by atoms with E-state index in [9.17, 15) is 18.9 Å². The Kier molecular flexibility index (Phi) is 6.92. The van der Waals surface area contributed by atoms with E-state index in [2.05, 4.69) is 19.9 Å². The molecule has 150 valence electrons. The van der Waals surface area contributed by atoms with E-state index in [-0.39, 0.29) is 0 Å². The molecule has 0 saturated carbocycles. The molecular weight excluding hydrogens is 388 g/mol. The molecular formula is C20H22N6O2S. The number of rotatable bonds is 7. The minimum absolute atomic E-state index is 0.300. The van der Waals surface area contributed by atoms with Gasteiger partial charge in [-0.3, -0.25) is 4.72 Å². The molecule has 0 unspecified atom stereocenters. The fraction of sp³-hybridized carbons (Fsp3) is 0.300. The molecule has 1 N–H and O–H groups in total. The summed E-state index contributed by atoms with van der Waals surface area (Å²) < 4.78 is 26.0. The van der Waals surface area contributed by atoms with Gasteiger partial charge in [-0.1, -0.05) is 0 Å². The van der Waals surface area contributed by atoms with E-state index >= 15 is 0 Å². The smallest absolute Gasteiger partial charge is 0.229 e. The summed E-state index contributed by atoms with van der Waals surface area (Å²) in [5, 5.41) is 26.7. The number of sulfonamides is 1. The van der Waals surface area contributed by atoms with Crippen molar-refractivity contribution in [2.75, 3.05) is 29.0 Å². The lowest BCUT2D eigenvalue weighted by Crippen LogP contribution is -2.22. The number of anilines is 2. The van der Waals surface area contributed by atoms with Crippen LogP contribution in [0.25, 0.3) is 0 Å². The predicted molar refractivity (Wildman–Crippen MR) is 113 cm³/mol. The average Bonchev–Trinajstić information content (AvgIpc) is 2.67. The van der Waals surface area contributed by atoms with Gasteiger partial charge in [-0.05, 0) is 56.7 Å². The molecule has 0 heterocycles. The van der Waals surface area contributed by atoms with Gasteiger partial charge in [0.2, 0.25) is 10.0 Å². The molecule has 0 amide bonds. The van der Waals surface area contributed by atoms with Crippen molar-refractivity contribution in [1.29, 1.82) is 10.5 Å².